The summed E-state index contributed by atoms with van der Waals surface area (Å²) in [4.78, 5) is 4.26. The Morgan fingerprint density at radius 1 is 0.935 bits per heavy atom. The first-order valence-corrected chi connectivity index (χ1v) is 10.9. The number of aliphatic hydroxyl groups is 1. The molecule has 2 aliphatic carbocycles. The van der Waals surface area contributed by atoms with Crippen LogP contribution in [-0.4, -0.2) is 20.9 Å². The second kappa shape index (κ2) is 7.86. The first-order valence-electron chi connectivity index (χ1n) is 10.9. The molecule has 164 valence electrons. The van der Waals surface area contributed by atoms with E-state index in [4.69, 9.17) is 0 Å². The van der Waals surface area contributed by atoms with E-state index in [1.165, 1.54) is 30.5 Å². The summed E-state index contributed by atoms with van der Waals surface area (Å²) in [5.41, 5.74) is 4.24. The number of hydrogen-bond donors (Lipinski definition) is 1. The predicted octanol–water partition coefficient (Wildman–Crippen LogP) is 6.12. The number of benzene rings is 1. The summed E-state index contributed by atoms with van der Waals surface area (Å²) in [6, 6.07) is 10.4. The largest absolute Gasteiger partial charge is 0.573 e. The Balaban J connectivity index is 1.28. The maximum atomic E-state index is 12.4. The number of pyridine rings is 1. The van der Waals surface area contributed by atoms with Gasteiger partial charge in [0, 0.05) is 0 Å². The lowest BCUT2D eigenvalue weighted by Crippen LogP contribution is -2.22. The topological polar surface area (TPSA) is 46.8 Å². The van der Waals surface area contributed by atoms with Crippen LogP contribution in [0.3, 0.4) is 0 Å². The lowest BCUT2D eigenvalue weighted by atomic mass is 9.75. The van der Waals surface area contributed by atoms with Crippen molar-refractivity contribution in [2.45, 2.75) is 62.8 Å². The van der Waals surface area contributed by atoms with E-state index in [1.807, 2.05) is 10.6 Å². The molecule has 0 unspecified atom stereocenters. The molecule has 2 aliphatic rings. The summed E-state index contributed by atoms with van der Waals surface area (Å²) in [6.07, 6.45) is 4.28. The van der Waals surface area contributed by atoms with Gasteiger partial charge in [0.2, 0.25) is 0 Å². The molecular formula is C24H25F3N2O2. The molecule has 7 heteroatoms. The minimum absolute atomic E-state index is 0.162. The maximum absolute atomic E-state index is 12.4. The molecule has 0 aliphatic heterocycles. The van der Waals surface area contributed by atoms with Crippen LogP contribution in [0, 0.1) is 5.92 Å². The van der Waals surface area contributed by atoms with E-state index >= 15 is 0 Å². The highest BCUT2D eigenvalue weighted by molar-refractivity contribution is 5.50. The van der Waals surface area contributed by atoms with E-state index in [9.17, 15) is 18.3 Å². The SMILES string of the molecule is O[C@H](c1c(C2CC2)ccc2cncn12)C1CCC(c2ccc(OC(F)(F)F)cc2)CC1. The zero-order valence-electron chi connectivity index (χ0n) is 17.1. The van der Waals surface area contributed by atoms with Gasteiger partial charge in [0.1, 0.15) is 5.75 Å². The Morgan fingerprint density at radius 3 is 2.26 bits per heavy atom. The zero-order valence-corrected chi connectivity index (χ0v) is 17.1. The van der Waals surface area contributed by atoms with Crippen molar-refractivity contribution < 1.29 is 23.0 Å². The minimum Gasteiger partial charge on any atom is -0.406 e. The summed E-state index contributed by atoms with van der Waals surface area (Å²) < 4.78 is 43.1. The molecule has 4 nitrogen and oxygen atoms in total. The molecule has 2 aromatic heterocycles. The van der Waals surface area contributed by atoms with Crippen molar-refractivity contribution in [1.29, 1.82) is 0 Å². The molecule has 2 heterocycles. The Kier molecular flexibility index (Phi) is 5.16. The van der Waals surface area contributed by atoms with Gasteiger partial charge in [-0.1, -0.05) is 18.2 Å². The second-order valence-electron chi connectivity index (χ2n) is 8.81. The molecule has 0 radical (unpaired) electrons. The molecule has 3 aromatic rings. The van der Waals surface area contributed by atoms with E-state index < -0.39 is 12.5 Å². The second-order valence-corrected chi connectivity index (χ2v) is 8.81. The van der Waals surface area contributed by atoms with Gasteiger partial charge in [-0.25, -0.2) is 4.98 Å². The number of halogens is 3. The van der Waals surface area contributed by atoms with E-state index in [-0.39, 0.29) is 17.6 Å². The fourth-order valence-electron chi connectivity index (χ4n) is 5.02. The molecule has 2 saturated carbocycles. The summed E-state index contributed by atoms with van der Waals surface area (Å²) in [6.45, 7) is 0. The van der Waals surface area contributed by atoms with Gasteiger partial charge in [0.05, 0.1) is 29.8 Å². The van der Waals surface area contributed by atoms with Crippen molar-refractivity contribution in [1.82, 2.24) is 9.38 Å². The quantitative estimate of drug-likeness (QED) is 0.531. The number of nitrogens with zero attached hydrogens (tertiary/aromatic N) is 2. The number of ether oxygens (including phenoxy) is 1. The molecule has 0 bridgehead atoms. The van der Waals surface area contributed by atoms with Crippen LogP contribution < -0.4 is 4.74 Å². The molecule has 0 spiro atoms. The monoisotopic (exact) mass is 430 g/mol. The number of hydrogen-bond acceptors (Lipinski definition) is 3. The molecule has 1 aromatic carbocycles. The van der Waals surface area contributed by atoms with Crippen molar-refractivity contribution in [3.63, 3.8) is 0 Å². The molecular weight excluding hydrogens is 405 g/mol. The third-order valence-corrected chi connectivity index (χ3v) is 6.76. The van der Waals surface area contributed by atoms with Crippen LogP contribution in [0.15, 0.2) is 48.9 Å². The van der Waals surface area contributed by atoms with Crippen LogP contribution in [0.25, 0.3) is 5.52 Å². The Hall–Kier alpha value is -2.54. The minimum atomic E-state index is -4.67. The molecule has 0 amide bonds. The van der Waals surface area contributed by atoms with E-state index in [1.54, 1.807) is 18.5 Å². The number of rotatable bonds is 5. The van der Waals surface area contributed by atoms with Crippen LogP contribution in [0.2, 0.25) is 0 Å². The van der Waals surface area contributed by atoms with Gasteiger partial charge in [-0.2, -0.15) is 0 Å². The van der Waals surface area contributed by atoms with Crippen LogP contribution in [0.1, 0.15) is 73.3 Å². The van der Waals surface area contributed by atoms with Crippen LogP contribution in [-0.2, 0) is 0 Å². The summed E-state index contributed by atoms with van der Waals surface area (Å²) >= 11 is 0. The first kappa shape index (κ1) is 20.4. The average Bonchev–Trinajstić information content (AvgIpc) is 3.48. The zero-order chi connectivity index (χ0) is 21.6. The molecule has 0 saturated heterocycles. The third-order valence-electron chi connectivity index (χ3n) is 6.76. The maximum Gasteiger partial charge on any atom is 0.573 e. The Labute approximate surface area is 178 Å². The summed E-state index contributed by atoms with van der Waals surface area (Å²) in [5, 5.41) is 11.3. The fourth-order valence-corrected chi connectivity index (χ4v) is 5.02. The van der Waals surface area contributed by atoms with Gasteiger partial charge >= 0.3 is 6.36 Å². The standard InChI is InChI=1S/C24H25F3N2O2/c25-24(26,27)31-20-10-7-16(8-11-20)15-1-5-18(6-2-15)23(30)22-21(17-3-4-17)12-9-19-13-28-14-29(19)22/h7-15,17-18,23,30H,1-6H2/t15?,18?,23-/m0/s1. The molecule has 1 atom stereocenters. The van der Waals surface area contributed by atoms with Gasteiger partial charge in [0.15, 0.2) is 0 Å². The van der Waals surface area contributed by atoms with Crippen LogP contribution in [0.4, 0.5) is 13.2 Å². The predicted molar refractivity (Wildman–Crippen MR) is 110 cm³/mol. The number of alkyl halides is 3. The first-order chi connectivity index (χ1) is 14.9. The van der Waals surface area contributed by atoms with Gasteiger partial charge in [-0.3, -0.25) is 0 Å². The van der Waals surface area contributed by atoms with Crippen molar-refractivity contribution in [3.05, 3.63) is 65.7 Å². The van der Waals surface area contributed by atoms with E-state index in [0.29, 0.717) is 5.92 Å². The normalized spacial score (nSPS) is 23.1. The van der Waals surface area contributed by atoms with Gasteiger partial charge in [-0.15, -0.1) is 13.2 Å². The molecule has 2 fully saturated rings. The fraction of sp³-hybridized carbons (Fsp3) is 0.458. The summed E-state index contributed by atoms with van der Waals surface area (Å²) in [5.74, 6) is 0.788. The number of aliphatic hydroxyl groups excluding tert-OH is 1. The Morgan fingerprint density at radius 2 is 1.61 bits per heavy atom. The Bertz CT molecular complexity index is 1050. The van der Waals surface area contributed by atoms with Crippen molar-refractivity contribution in [2.75, 3.05) is 0 Å². The molecule has 31 heavy (non-hydrogen) atoms. The van der Waals surface area contributed by atoms with E-state index in [0.717, 1.165) is 42.5 Å². The smallest absolute Gasteiger partial charge is 0.406 e. The van der Waals surface area contributed by atoms with Gasteiger partial charge in [0.25, 0.3) is 0 Å². The highest BCUT2D eigenvalue weighted by atomic mass is 19.4. The van der Waals surface area contributed by atoms with Crippen molar-refractivity contribution >= 4 is 5.52 Å². The molecule has 1 N–H and O–H groups in total. The van der Waals surface area contributed by atoms with Gasteiger partial charge in [-0.05, 0) is 85.6 Å². The highest BCUT2D eigenvalue weighted by Crippen LogP contribution is 2.47. The number of aromatic nitrogens is 2. The lowest BCUT2D eigenvalue weighted by molar-refractivity contribution is -0.274. The van der Waals surface area contributed by atoms with Gasteiger partial charge < -0.3 is 14.2 Å². The van der Waals surface area contributed by atoms with Crippen LogP contribution >= 0.6 is 0 Å². The lowest BCUT2D eigenvalue weighted by Gasteiger charge is -2.33. The van der Waals surface area contributed by atoms with Crippen LogP contribution in [0.5, 0.6) is 5.75 Å². The van der Waals surface area contributed by atoms with E-state index in [2.05, 4.69) is 21.9 Å². The number of fused-ring (bicyclic) bond motifs is 1. The van der Waals surface area contributed by atoms with Crippen molar-refractivity contribution in [3.8, 4) is 5.75 Å². The number of imidazole rings is 1. The van der Waals surface area contributed by atoms with Crippen molar-refractivity contribution in [2.24, 2.45) is 5.92 Å². The molecule has 5 rings (SSSR count). The summed E-state index contributed by atoms with van der Waals surface area (Å²) in [7, 11) is 0. The third kappa shape index (κ3) is 4.28. The average molecular weight is 430 g/mol. The highest BCUT2D eigenvalue weighted by Gasteiger charge is 2.35.